The molecular formula is C8H7F4LiO3S2. The average molecular weight is 298 g/mol. The molecule has 0 heterocycles. The summed E-state index contributed by atoms with van der Waals surface area (Å²) in [5.74, 6) is 0. The van der Waals surface area contributed by atoms with Crippen LogP contribution in [0.2, 0.25) is 0 Å². The Morgan fingerprint density at radius 2 is 1.56 bits per heavy atom. The molecule has 0 aliphatic heterocycles. The van der Waals surface area contributed by atoms with Crippen molar-refractivity contribution < 1.29 is 50.8 Å². The molecule has 1 aromatic rings. The van der Waals surface area contributed by atoms with Gasteiger partial charge in [0, 0.05) is 4.90 Å². The normalized spacial score (nSPS) is 12.9. The van der Waals surface area contributed by atoms with E-state index in [0.717, 1.165) is 12.1 Å². The fourth-order valence-corrected chi connectivity index (χ4v) is 2.30. The molecule has 18 heavy (non-hydrogen) atoms. The Morgan fingerprint density at radius 3 is 1.94 bits per heavy atom. The molecule has 1 aromatic carbocycles. The van der Waals surface area contributed by atoms with Crippen LogP contribution in [0.3, 0.4) is 0 Å². The van der Waals surface area contributed by atoms with E-state index in [0.29, 0.717) is 0 Å². The van der Waals surface area contributed by atoms with E-state index in [-0.39, 0.29) is 25.2 Å². The van der Waals surface area contributed by atoms with Gasteiger partial charge in [-0.2, -0.15) is 26.0 Å². The summed E-state index contributed by atoms with van der Waals surface area (Å²) < 4.78 is 80.2. The molecule has 0 fully saturated rings. The van der Waals surface area contributed by atoms with Crippen LogP contribution in [0.5, 0.6) is 0 Å². The number of thioether (sulfide) groups is 1. The summed E-state index contributed by atoms with van der Waals surface area (Å²) in [7, 11) is -6.18. The van der Waals surface area contributed by atoms with Crippen molar-refractivity contribution in [3.63, 3.8) is 0 Å². The van der Waals surface area contributed by atoms with Gasteiger partial charge in [0.1, 0.15) is 0 Å². The second kappa shape index (κ2) is 5.84. The first-order valence-electron chi connectivity index (χ1n) is 4.04. The largest absolute Gasteiger partial charge is 1.00 e. The molecule has 0 aromatic heterocycles. The van der Waals surface area contributed by atoms with Crippen LogP contribution in [0.1, 0.15) is 1.43 Å². The average Bonchev–Trinajstić information content (AvgIpc) is 2.16. The molecule has 0 saturated carbocycles. The molecule has 0 unspecified atom stereocenters. The molecule has 0 aliphatic rings. The third kappa shape index (κ3) is 3.65. The molecule has 0 bridgehead atoms. The number of alkyl halides is 4. The van der Waals surface area contributed by atoms with E-state index in [9.17, 15) is 26.0 Å². The number of hydrogen-bond donors (Lipinski definition) is 1. The van der Waals surface area contributed by atoms with Gasteiger partial charge in [0.25, 0.3) is 0 Å². The topological polar surface area (TPSA) is 54.4 Å². The van der Waals surface area contributed by atoms with Crippen molar-refractivity contribution in [1.29, 1.82) is 0 Å². The molecule has 98 valence electrons. The maximum atomic E-state index is 13.1. The Morgan fingerprint density at radius 1 is 1.11 bits per heavy atom. The van der Waals surface area contributed by atoms with Crippen molar-refractivity contribution in [3.05, 3.63) is 30.3 Å². The predicted octanol–water partition coefficient (Wildman–Crippen LogP) is -0.0314. The Labute approximate surface area is 118 Å². The summed E-state index contributed by atoms with van der Waals surface area (Å²) in [6.45, 7) is 0. The van der Waals surface area contributed by atoms with Crippen LogP contribution in [0.15, 0.2) is 35.2 Å². The maximum absolute atomic E-state index is 13.1. The molecule has 0 aliphatic carbocycles. The predicted molar refractivity (Wildman–Crippen MR) is 54.9 cm³/mol. The zero-order valence-electron chi connectivity index (χ0n) is 9.98. The SMILES string of the molecule is O=S(=O)(O)C(F)(F)C(F)(F)Sc1ccccc1.[H-].[Li+]. The van der Waals surface area contributed by atoms with Crippen LogP contribution in [-0.4, -0.2) is 23.5 Å². The summed E-state index contributed by atoms with van der Waals surface area (Å²) >= 11 is -0.643. The van der Waals surface area contributed by atoms with Gasteiger partial charge < -0.3 is 1.43 Å². The first-order chi connectivity index (χ1) is 7.58. The minimum Gasteiger partial charge on any atom is -1.00 e. The van der Waals surface area contributed by atoms with E-state index < -0.39 is 32.4 Å². The minimum atomic E-state index is -6.18. The van der Waals surface area contributed by atoms with Gasteiger partial charge in [0.05, 0.1) is 0 Å². The van der Waals surface area contributed by atoms with Crippen LogP contribution in [0.4, 0.5) is 17.6 Å². The second-order valence-corrected chi connectivity index (χ2v) is 5.57. The number of benzene rings is 1. The van der Waals surface area contributed by atoms with Crippen molar-refractivity contribution in [2.24, 2.45) is 0 Å². The fourth-order valence-electron chi connectivity index (χ4n) is 0.846. The van der Waals surface area contributed by atoms with Crippen LogP contribution < -0.4 is 18.9 Å². The molecule has 0 atom stereocenters. The number of rotatable bonds is 4. The molecule has 0 radical (unpaired) electrons. The van der Waals surface area contributed by atoms with Crippen molar-refractivity contribution in [2.75, 3.05) is 0 Å². The summed E-state index contributed by atoms with van der Waals surface area (Å²) in [4.78, 5) is -0.249. The molecule has 0 amide bonds. The molecule has 0 saturated heterocycles. The van der Waals surface area contributed by atoms with Crippen LogP contribution in [0, 0.1) is 0 Å². The summed E-state index contributed by atoms with van der Waals surface area (Å²) in [5.41, 5.74) is 0. The van der Waals surface area contributed by atoms with Gasteiger partial charge in [0.15, 0.2) is 0 Å². The first-order valence-corrected chi connectivity index (χ1v) is 6.30. The van der Waals surface area contributed by atoms with Crippen molar-refractivity contribution in [2.45, 2.75) is 15.4 Å². The zero-order chi connectivity index (χ0) is 13.3. The molecule has 1 N–H and O–H groups in total. The van der Waals surface area contributed by atoms with Gasteiger partial charge in [-0.15, -0.1) is 0 Å². The van der Waals surface area contributed by atoms with Crippen LogP contribution >= 0.6 is 11.8 Å². The second-order valence-electron chi connectivity index (χ2n) is 2.92. The molecule has 1 rings (SSSR count). The Kier molecular flexibility index (Phi) is 5.77. The maximum Gasteiger partial charge on any atom is 1.00 e. The smallest absolute Gasteiger partial charge is 1.00 e. The summed E-state index contributed by atoms with van der Waals surface area (Å²) in [5, 5.41) is -10.5. The van der Waals surface area contributed by atoms with Gasteiger partial charge in [-0.3, -0.25) is 4.55 Å². The first kappa shape index (κ1) is 17.8. The van der Waals surface area contributed by atoms with Gasteiger partial charge in [-0.05, 0) is 23.9 Å². The van der Waals surface area contributed by atoms with Gasteiger partial charge in [0.2, 0.25) is 0 Å². The van der Waals surface area contributed by atoms with E-state index in [1.165, 1.54) is 18.2 Å². The number of hydrogen-bond acceptors (Lipinski definition) is 3. The summed E-state index contributed by atoms with van der Waals surface area (Å²) in [6.07, 6.45) is 0. The Bertz CT molecular complexity index is 498. The van der Waals surface area contributed by atoms with Crippen molar-refractivity contribution >= 4 is 21.9 Å². The van der Waals surface area contributed by atoms with Crippen LogP contribution in [0.25, 0.3) is 0 Å². The molecule has 0 spiro atoms. The van der Waals surface area contributed by atoms with Crippen LogP contribution in [-0.2, 0) is 10.1 Å². The van der Waals surface area contributed by atoms with E-state index in [4.69, 9.17) is 4.55 Å². The summed E-state index contributed by atoms with van der Waals surface area (Å²) in [6, 6.07) is 6.34. The molecule has 3 nitrogen and oxygen atoms in total. The van der Waals surface area contributed by atoms with Crippen molar-refractivity contribution in [3.8, 4) is 0 Å². The molecule has 10 heteroatoms. The monoisotopic (exact) mass is 298 g/mol. The third-order valence-corrected chi connectivity index (χ3v) is 3.71. The standard InChI is InChI=1S/C8H6F4O3S2.Li.H/c9-7(10,8(11,12)17(13,14)15)16-6-4-2-1-3-5-6;;/h1-5H,(H,13,14,15);;/q;+1;-1. The van der Waals surface area contributed by atoms with Crippen molar-refractivity contribution in [1.82, 2.24) is 0 Å². The van der Waals surface area contributed by atoms with Gasteiger partial charge in [-0.1, -0.05) is 18.2 Å². The Hall–Kier alpha value is -0.203. The number of halogens is 4. The van der Waals surface area contributed by atoms with Gasteiger partial charge in [-0.25, -0.2) is 0 Å². The Balaban J connectivity index is 0. The van der Waals surface area contributed by atoms with E-state index in [1.54, 1.807) is 0 Å². The fraction of sp³-hybridized carbons (Fsp3) is 0.250. The van der Waals surface area contributed by atoms with E-state index >= 15 is 0 Å². The zero-order valence-corrected chi connectivity index (χ0v) is 10.6. The van der Waals surface area contributed by atoms with E-state index in [1.807, 2.05) is 0 Å². The molecular weight excluding hydrogens is 291 g/mol. The van der Waals surface area contributed by atoms with Gasteiger partial charge >= 0.3 is 39.5 Å². The van der Waals surface area contributed by atoms with E-state index in [2.05, 4.69) is 0 Å². The minimum absolute atomic E-state index is 0. The quantitative estimate of drug-likeness (QED) is 0.367. The third-order valence-electron chi connectivity index (χ3n) is 1.65.